The lowest BCUT2D eigenvalue weighted by Crippen LogP contribution is -2.37. The summed E-state index contributed by atoms with van der Waals surface area (Å²) >= 11 is 0. The number of rotatable bonds is 3. The zero-order valence-corrected chi connectivity index (χ0v) is 8.49. The number of ether oxygens (including phenoxy) is 3. The minimum Gasteiger partial charge on any atom is -0.371 e. The molecule has 1 rings (SSSR count). The van der Waals surface area contributed by atoms with E-state index in [4.69, 9.17) is 14.2 Å². The van der Waals surface area contributed by atoms with Gasteiger partial charge in [-0.25, -0.2) is 0 Å². The normalized spacial score (nSPS) is 28.8. The number of hydrogen-bond acceptors (Lipinski definition) is 4. The van der Waals surface area contributed by atoms with Gasteiger partial charge >= 0.3 is 0 Å². The van der Waals surface area contributed by atoms with Gasteiger partial charge in [0.25, 0.3) is 0 Å². The Morgan fingerprint density at radius 2 is 2.23 bits per heavy atom. The van der Waals surface area contributed by atoms with Gasteiger partial charge in [0.2, 0.25) is 0 Å². The Kier molecular flexibility index (Phi) is 3.05. The van der Waals surface area contributed by atoms with E-state index in [1.807, 2.05) is 13.8 Å². The Balaban J connectivity index is 2.58. The van der Waals surface area contributed by atoms with Crippen molar-refractivity contribution in [1.82, 2.24) is 0 Å². The van der Waals surface area contributed by atoms with E-state index in [9.17, 15) is 4.79 Å². The lowest BCUT2D eigenvalue weighted by molar-refractivity contribution is -0.159. The zero-order chi connectivity index (χ0) is 10.1. The Labute approximate surface area is 78.2 Å². The van der Waals surface area contributed by atoms with E-state index in [1.165, 1.54) is 14.0 Å². The minimum absolute atomic E-state index is 0.0335. The van der Waals surface area contributed by atoms with Crippen LogP contribution in [0.3, 0.4) is 0 Å². The fourth-order valence-electron chi connectivity index (χ4n) is 1.44. The summed E-state index contributed by atoms with van der Waals surface area (Å²) in [7, 11) is 1.50. The monoisotopic (exact) mass is 188 g/mol. The van der Waals surface area contributed by atoms with Gasteiger partial charge in [0.05, 0.1) is 6.61 Å². The molecular formula is C9H16O4. The molecule has 0 aromatic rings. The first kappa shape index (κ1) is 10.6. The maximum absolute atomic E-state index is 11.1. The lowest BCUT2D eigenvalue weighted by atomic mass is 10.1. The van der Waals surface area contributed by atoms with Crippen LogP contribution >= 0.6 is 0 Å². The van der Waals surface area contributed by atoms with E-state index < -0.39 is 11.9 Å². The van der Waals surface area contributed by atoms with Crippen LogP contribution in [0.2, 0.25) is 0 Å². The van der Waals surface area contributed by atoms with Gasteiger partial charge in [-0.3, -0.25) is 4.79 Å². The van der Waals surface area contributed by atoms with Gasteiger partial charge in [-0.1, -0.05) is 0 Å². The Morgan fingerprint density at radius 3 is 2.54 bits per heavy atom. The smallest absolute Gasteiger partial charge is 0.163 e. The fourth-order valence-corrected chi connectivity index (χ4v) is 1.44. The molecule has 0 aromatic carbocycles. The van der Waals surface area contributed by atoms with Gasteiger partial charge in [-0.15, -0.1) is 0 Å². The highest BCUT2D eigenvalue weighted by molar-refractivity contribution is 5.81. The van der Waals surface area contributed by atoms with Gasteiger partial charge in [0.15, 0.2) is 11.6 Å². The van der Waals surface area contributed by atoms with Crippen molar-refractivity contribution in [2.45, 2.75) is 38.8 Å². The molecular weight excluding hydrogens is 172 g/mol. The summed E-state index contributed by atoms with van der Waals surface area (Å²) in [5, 5.41) is 0. The molecule has 0 bridgehead atoms. The van der Waals surface area contributed by atoms with Crippen LogP contribution in [0.25, 0.3) is 0 Å². The van der Waals surface area contributed by atoms with Crippen LogP contribution in [0.1, 0.15) is 20.8 Å². The molecule has 76 valence electrons. The number of carbonyl (C=O) groups is 1. The predicted molar refractivity (Wildman–Crippen MR) is 46.4 cm³/mol. The first-order valence-electron chi connectivity index (χ1n) is 4.31. The van der Waals surface area contributed by atoms with Crippen molar-refractivity contribution in [2.75, 3.05) is 13.7 Å². The fraction of sp³-hybridized carbons (Fsp3) is 0.889. The molecule has 0 radical (unpaired) electrons. The quantitative estimate of drug-likeness (QED) is 0.655. The number of carbonyl (C=O) groups excluding carboxylic acids is 1. The molecule has 4 heteroatoms. The molecule has 0 amide bonds. The highest BCUT2D eigenvalue weighted by atomic mass is 16.7. The molecule has 0 aliphatic carbocycles. The van der Waals surface area contributed by atoms with Gasteiger partial charge in [0.1, 0.15) is 12.2 Å². The average Bonchev–Trinajstić information content (AvgIpc) is 2.31. The van der Waals surface area contributed by atoms with Crippen LogP contribution in [-0.4, -0.2) is 37.5 Å². The molecule has 0 aromatic heterocycles. The molecule has 1 aliphatic rings. The number of Topliss-reactive ketones (excluding diaryl/α,β-unsaturated/α-hetero) is 1. The topological polar surface area (TPSA) is 44.8 Å². The van der Waals surface area contributed by atoms with E-state index in [1.54, 1.807) is 0 Å². The summed E-state index contributed by atoms with van der Waals surface area (Å²) < 4.78 is 15.9. The second kappa shape index (κ2) is 3.74. The summed E-state index contributed by atoms with van der Waals surface area (Å²) in [5.41, 5.74) is 0. The van der Waals surface area contributed by atoms with E-state index in [-0.39, 0.29) is 11.9 Å². The molecule has 0 saturated carbocycles. The van der Waals surface area contributed by atoms with Gasteiger partial charge < -0.3 is 14.2 Å². The van der Waals surface area contributed by atoms with Crippen LogP contribution in [-0.2, 0) is 19.0 Å². The van der Waals surface area contributed by atoms with E-state index >= 15 is 0 Å². The van der Waals surface area contributed by atoms with E-state index in [2.05, 4.69) is 0 Å². The second-order valence-electron chi connectivity index (χ2n) is 3.63. The summed E-state index contributed by atoms with van der Waals surface area (Å²) in [6.45, 7) is 5.54. The third-order valence-corrected chi connectivity index (χ3v) is 2.02. The standard InChI is InChI=1S/C9H16O4/c1-6(10)8(11-4)7-5-12-9(2,3)13-7/h7-8H,5H2,1-4H3/t7-,8-/m0/s1. The highest BCUT2D eigenvalue weighted by Gasteiger charge is 2.39. The first-order chi connectivity index (χ1) is 5.96. The average molecular weight is 188 g/mol. The molecule has 4 nitrogen and oxygen atoms in total. The lowest BCUT2D eigenvalue weighted by Gasteiger charge is -2.20. The SMILES string of the molecule is CO[C@@H](C(C)=O)[C@@H]1COC(C)(C)O1. The number of ketones is 1. The largest absolute Gasteiger partial charge is 0.371 e. The van der Waals surface area contributed by atoms with Crippen molar-refractivity contribution in [3.8, 4) is 0 Å². The summed E-state index contributed by atoms with van der Waals surface area (Å²) in [6.07, 6.45) is -0.792. The Morgan fingerprint density at radius 1 is 1.62 bits per heavy atom. The maximum Gasteiger partial charge on any atom is 0.163 e. The molecule has 0 unspecified atom stereocenters. The summed E-state index contributed by atoms with van der Waals surface area (Å²) in [4.78, 5) is 11.1. The summed E-state index contributed by atoms with van der Waals surface area (Å²) in [6, 6.07) is 0. The third-order valence-electron chi connectivity index (χ3n) is 2.02. The van der Waals surface area contributed by atoms with Crippen molar-refractivity contribution in [3.63, 3.8) is 0 Å². The molecule has 1 aliphatic heterocycles. The van der Waals surface area contributed by atoms with Crippen LogP contribution < -0.4 is 0 Å². The molecule has 13 heavy (non-hydrogen) atoms. The van der Waals surface area contributed by atoms with Crippen molar-refractivity contribution >= 4 is 5.78 Å². The van der Waals surface area contributed by atoms with Crippen molar-refractivity contribution < 1.29 is 19.0 Å². The van der Waals surface area contributed by atoms with Crippen molar-refractivity contribution in [3.05, 3.63) is 0 Å². The van der Waals surface area contributed by atoms with Gasteiger partial charge in [0, 0.05) is 7.11 Å². The minimum atomic E-state index is -0.600. The van der Waals surface area contributed by atoms with Crippen LogP contribution in [0.5, 0.6) is 0 Å². The van der Waals surface area contributed by atoms with Crippen LogP contribution in [0, 0.1) is 0 Å². The van der Waals surface area contributed by atoms with Crippen LogP contribution in [0.15, 0.2) is 0 Å². The molecule has 0 spiro atoms. The molecule has 2 atom stereocenters. The van der Waals surface area contributed by atoms with Crippen LogP contribution in [0.4, 0.5) is 0 Å². The Bertz CT molecular complexity index is 200. The van der Waals surface area contributed by atoms with Gasteiger partial charge in [-0.2, -0.15) is 0 Å². The molecule has 1 fully saturated rings. The molecule has 1 heterocycles. The number of methoxy groups -OCH3 is 1. The van der Waals surface area contributed by atoms with Gasteiger partial charge in [-0.05, 0) is 20.8 Å². The molecule has 1 saturated heterocycles. The first-order valence-corrected chi connectivity index (χ1v) is 4.31. The van der Waals surface area contributed by atoms with E-state index in [0.717, 1.165) is 0 Å². The predicted octanol–water partition coefficient (Wildman–Crippen LogP) is 0.742. The summed E-state index contributed by atoms with van der Waals surface area (Å²) in [5.74, 6) is -0.634. The molecule has 0 N–H and O–H groups in total. The zero-order valence-electron chi connectivity index (χ0n) is 8.49. The second-order valence-corrected chi connectivity index (χ2v) is 3.63. The maximum atomic E-state index is 11.1. The van der Waals surface area contributed by atoms with Crippen molar-refractivity contribution in [2.24, 2.45) is 0 Å². The van der Waals surface area contributed by atoms with Crippen molar-refractivity contribution in [1.29, 1.82) is 0 Å². The third kappa shape index (κ3) is 2.49. The van der Waals surface area contributed by atoms with E-state index in [0.29, 0.717) is 6.61 Å². The number of hydrogen-bond donors (Lipinski definition) is 0. The highest BCUT2D eigenvalue weighted by Crippen LogP contribution is 2.25. The Hall–Kier alpha value is -0.450.